The lowest BCUT2D eigenvalue weighted by molar-refractivity contribution is 0.0988. The maximum atomic E-state index is 12.6. The second-order valence-corrected chi connectivity index (χ2v) is 7.96. The average molecular weight is 326 g/mol. The summed E-state index contributed by atoms with van der Waals surface area (Å²) in [5, 5.41) is 0. The summed E-state index contributed by atoms with van der Waals surface area (Å²) >= 11 is 0. The third-order valence-corrected chi connectivity index (χ3v) is 5.11. The SMILES string of the molecule is CCC(=O)c1cccc(S(=O)(=O)NC(C)(CN)CC(C)C)c1. The second kappa shape index (κ2) is 7.35. The third kappa shape index (κ3) is 4.90. The fraction of sp³-hybridized carbons (Fsp3) is 0.562. The van der Waals surface area contributed by atoms with E-state index in [9.17, 15) is 13.2 Å². The Morgan fingerprint density at radius 1 is 1.36 bits per heavy atom. The van der Waals surface area contributed by atoms with Gasteiger partial charge in [0.05, 0.1) is 4.90 Å². The van der Waals surface area contributed by atoms with Crippen molar-refractivity contribution in [2.75, 3.05) is 6.54 Å². The molecule has 0 heterocycles. The number of nitrogens with one attached hydrogen (secondary N) is 1. The molecule has 0 saturated carbocycles. The Kier molecular flexibility index (Phi) is 6.28. The van der Waals surface area contributed by atoms with Crippen molar-refractivity contribution >= 4 is 15.8 Å². The first-order valence-corrected chi connectivity index (χ1v) is 8.99. The van der Waals surface area contributed by atoms with Crippen molar-refractivity contribution in [1.29, 1.82) is 0 Å². The quantitative estimate of drug-likeness (QED) is 0.717. The molecule has 5 nitrogen and oxygen atoms in total. The number of hydrogen-bond acceptors (Lipinski definition) is 4. The Balaban J connectivity index is 3.11. The van der Waals surface area contributed by atoms with Crippen molar-refractivity contribution in [3.8, 4) is 0 Å². The molecular formula is C16H26N2O3S. The first kappa shape index (κ1) is 18.8. The Hall–Kier alpha value is -1.24. The Bertz CT molecular complexity index is 626. The Labute approximate surface area is 133 Å². The summed E-state index contributed by atoms with van der Waals surface area (Å²) < 4.78 is 27.8. The molecule has 6 heteroatoms. The molecule has 0 radical (unpaired) electrons. The molecule has 0 fully saturated rings. The van der Waals surface area contributed by atoms with Gasteiger partial charge in [-0.2, -0.15) is 0 Å². The zero-order valence-electron chi connectivity index (χ0n) is 13.7. The fourth-order valence-electron chi connectivity index (χ4n) is 2.49. The number of carbonyl (C=O) groups is 1. The number of ketones is 1. The second-order valence-electron chi connectivity index (χ2n) is 6.27. The largest absolute Gasteiger partial charge is 0.329 e. The molecule has 1 atom stereocenters. The van der Waals surface area contributed by atoms with Crippen molar-refractivity contribution in [2.45, 2.75) is 51.0 Å². The van der Waals surface area contributed by atoms with E-state index in [-0.39, 0.29) is 17.2 Å². The molecule has 0 aliphatic heterocycles. The maximum absolute atomic E-state index is 12.6. The highest BCUT2D eigenvalue weighted by Crippen LogP contribution is 2.20. The summed E-state index contributed by atoms with van der Waals surface area (Å²) in [5.41, 5.74) is 5.45. The van der Waals surface area contributed by atoms with E-state index in [1.165, 1.54) is 12.1 Å². The van der Waals surface area contributed by atoms with Crippen LogP contribution in [0.15, 0.2) is 29.2 Å². The monoisotopic (exact) mass is 326 g/mol. The smallest absolute Gasteiger partial charge is 0.241 e. The van der Waals surface area contributed by atoms with Crippen molar-refractivity contribution in [2.24, 2.45) is 11.7 Å². The molecule has 0 saturated heterocycles. The lowest BCUT2D eigenvalue weighted by Crippen LogP contribution is -2.52. The number of rotatable bonds is 8. The number of hydrogen-bond donors (Lipinski definition) is 2. The van der Waals surface area contributed by atoms with Crippen LogP contribution in [0.3, 0.4) is 0 Å². The van der Waals surface area contributed by atoms with Gasteiger partial charge in [0.25, 0.3) is 0 Å². The van der Waals surface area contributed by atoms with Gasteiger partial charge in [0.2, 0.25) is 10.0 Å². The van der Waals surface area contributed by atoms with Gasteiger partial charge in [-0.3, -0.25) is 4.79 Å². The van der Waals surface area contributed by atoms with Crippen LogP contribution >= 0.6 is 0 Å². The molecule has 1 aromatic rings. The average Bonchev–Trinajstić information content (AvgIpc) is 2.45. The summed E-state index contributed by atoms with van der Waals surface area (Å²) in [7, 11) is -3.72. The topological polar surface area (TPSA) is 89.3 Å². The highest BCUT2D eigenvalue weighted by molar-refractivity contribution is 7.89. The number of sulfonamides is 1. The van der Waals surface area contributed by atoms with Gasteiger partial charge in [0.1, 0.15) is 0 Å². The molecule has 0 bridgehead atoms. The number of nitrogens with two attached hydrogens (primary N) is 1. The van der Waals surface area contributed by atoms with E-state index in [1.807, 2.05) is 13.8 Å². The zero-order chi connectivity index (χ0) is 17.0. The minimum atomic E-state index is -3.72. The zero-order valence-corrected chi connectivity index (χ0v) is 14.5. The first-order valence-electron chi connectivity index (χ1n) is 7.51. The summed E-state index contributed by atoms with van der Waals surface area (Å²) in [6.07, 6.45) is 0.973. The van der Waals surface area contributed by atoms with Crippen LogP contribution in [0.25, 0.3) is 0 Å². The van der Waals surface area contributed by atoms with Gasteiger partial charge in [-0.05, 0) is 31.4 Å². The van der Waals surface area contributed by atoms with Gasteiger partial charge in [0.15, 0.2) is 5.78 Å². The van der Waals surface area contributed by atoms with Gasteiger partial charge < -0.3 is 5.73 Å². The molecule has 0 aliphatic carbocycles. The van der Waals surface area contributed by atoms with E-state index in [0.717, 1.165) is 0 Å². The molecule has 1 aromatic carbocycles. The van der Waals surface area contributed by atoms with E-state index >= 15 is 0 Å². The van der Waals surface area contributed by atoms with Gasteiger partial charge >= 0.3 is 0 Å². The van der Waals surface area contributed by atoms with Crippen LogP contribution in [0, 0.1) is 5.92 Å². The molecule has 0 amide bonds. The number of benzene rings is 1. The van der Waals surface area contributed by atoms with E-state index in [1.54, 1.807) is 26.0 Å². The molecule has 0 aromatic heterocycles. The van der Waals surface area contributed by atoms with Crippen molar-refractivity contribution in [1.82, 2.24) is 4.72 Å². The summed E-state index contributed by atoms with van der Waals surface area (Å²) in [5.74, 6) is 0.227. The molecule has 0 aliphatic rings. The lowest BCUT2D eigenvalue weighted by Gasteiger charge is -2.30. The molecule has 1 rings (SSSR count). The van der Waals surface area contributed by atoms with E-state index in [2.05, 4.69) is 4.72 Å². The predicted molar refractivity (Wildman–Crippen MR) is 88.3 cm³/mol. The van der Waals surface area contributed by atoms with Crippen LogP contribution < -0.4 is 10.5 Å². The van der Waals surface area contributed by atoms with Crippen molar-refractivity contribution in [3.05, 3.63) is 29.8 Å². The number of carbonyl (C=O) groups excluding carboxylic acids is 1. The Morgan fingerprint density at radius 3 is 2.50 bits per heavy atom. The van der Waals surface area contributed by atoms with Crippen LogP contribution in [0.2, 0.25) is 0 Å². The molecule has 0 spiro atoms. The van der Waals surface area contributed by atoms with E-state index < -0.39 is 15.6 Å². The molecule has 22 heavy (non-hydrogen) atoms. The van der Waals surface area contributed by atoms with Crippen LogP contribution in [0.5, 0.6) is 0 Å². The molecular weight excluding hydrogens is 300 g/mol. The molecule has 3 N–H and O–H groups in total. The lowest BCUT2D eigenvalue weighted by atomic mass is 9.92. The minimum absolute atomic E-state index is 0.0826. The summed E-state index contributed by atoms with van der Waals surface area (Å²) in [6.45, 7) is 7.78. The van der Waals surface area contributed by atoms with Crippen LogP contribution in [-0.2, 0) is 10.0 Å². The fourth-order valence-corrected chi connectivity index (χ4v) is 3.96. The van der Waals surface area contributed by atoms with Gasteiger partial charge in [0, 0.05) is 24.1 Å². The summed E-state index contributed by atoms with van der Waals surface area (Å²) in [4.78, 5) is 11.8. The third-order valence-electron chi connectivity index (χ3n) is 3.48. The van der Waals surface area contributed by atoms with Gasteiger partial charge in [-0.1, -0.05) is 32.9 Å². The molecule has 1 unspecified atom stereocenters. The Morgan fingerprint density at radius 2 is 2.00 bits per heavy atom. The standard InChI is InChI=1S/C16H26N2O3S/c1-5-15(19)13-7-6-8-14(9-13)22(20,21)18-16(4,11-17)10-12(2)3/h6-9,12,18H,5,10-11,17H2,1-4H3. The van der Waals surface area contributed by atoms with E-state index in [4.69, 9.17) is 5.73 Å². The van der Waals surface area contributed by atoms with Crippen LogP contribution in [0.4, 0.5) is 0 Å². The van der Waals surface area contributed by atoms with Gasteiger partial charge in [-0.15, -0.1) is 0 Å². The van der Waals surface area contributed by atoms with Crippen molar-refractivity contribution < 1.29 is 13.2 Å². The minimum Gasteiger partial charge on any atom is -0.329 e. The molecule has 124 valence electrons. The normalized spacial score (nSPS) is 14.8. The van der Waals surface area contributed by atoms with E-state index in [0.29, 0.717) is 24.3 Å². The van der Waals surface area contributed by atoms with Gasteiger partial charge in [-0.25, -0.2) is 13.1 Å². The van der Waals surface area contributed by atoms with Crippen LogP contribution in [-0.4, -0.2) is 26.3 Å². The highest BCUT2D eigenvalue weighted by Gasteiger charge is 2.30. The van der Waals surface area contributed by atoms with Crippen LogP contribution in [0.1, 0.15) is 50.9 Å². The summed E-state index contributed by atoms with van der Waals surface area (Å²) in [6, 6.07) is 6.11. The van der Waals surface area contributed by atoms with Crippen molar-refractivity contribution in [3.63, 3.8) is 0 Å². The predicted octanol–water partition coefficient (Wildman–Crippen LogP) is 2.32. The maximum Gasteiger partial charge on any atom is 0.241 e. The highest BCUT2D eigenvalue weighted by atomic mass is 32.2. The first-order chi connectivity index (χ1) is 10.1. The number of Topliss-reactive ketones (excluding diaryl/α,β-unsaturated/α-hetero) is 1.